The first-order chi connectivity index (χ1) is 9.08. The van der Waals surface area contributed by atoms with Gasteiger partial charge in [0.05, 0.1) is 6.20 Å². The third-order valence-electron chi connectivity index (χ3n) is 2.41. The number of halogens is 2. The van der Waals surface area contributed by atoms with Gasteiger partial charge in [0.25, 0.3) is 0 Å². The first-order valence-corrected chi connectivity index (χ1v) is 6.11. The molecule has 0 aliphatic carbocycles. The summed E-state index contributed by atoms with van der Waals surface area (Å²) in [4.78, 5) is 14.8. The Balaban J connectivity index is 2.19. The van der Waals surface area contributed by atoms with Crippen LogP contribution in [0.25, 0.3) is 0 Å². The number of nitrogens with zero attached hydrogens (tertiary/aromatic N) is 1. The van der Waals surface area contributed by atoms with Crippen molar-refractivity contribution in [2.24, 2.45) is 0 Å². The first kappa shape index (κ1) is 13.5. The average Bonchev–Trinajstić information content (AvgIpc) is 2.40. The molecule has 0 aliphatic heterocycles. The molecule has 0 bridgehead atoms. The third-order valence-corrected chi connectivity index (χ3v) is 3.18. The molecule has 0 saturated carbocycles. The number of ether oxygens (including phenoxy) is 1. The van der Waals surface area contributed by atoms with E-state index in [1.165, 1.54) is 30.6 Å². The zero-order chi connectivity index (χ0) is 13.8. The van der Waals surface area contributed by atoms with Crippen molar-refractivity contribution < 1.29 is 19.0 Å². The van der Waals surface area contributed by atoms with E-state index in [4.69, 9.17) is 9.84 Å². The van der Waals surface area contributed by atoms with E-state index >= 15 is 0 Å². The van der Waals surface area contributed by atoms with Crippen LogP contribution >= 0.6 is 15.9 Å². The summed E-state index contributed by atoms with van der Waals surface area (Å²) in [6, 6.07) is 5.55. The molecule has 0 atom stereocenters. The molecular weight excluding hydrogens is 317 g/mol. The number of hydrogen-bond donors (Lipinski definition) is 1. The maximum atomic E-state index is 13.1. The van der Waals surface area contributed by atoms with Crippen molar-refractivity contribution in [3.8, 4) is 5.75 Å². The molecule has 98 valence electrons. The molecular formula is C13H9BrFNO3. The molecule has 0 fully saturated rings. The van der Waals surface area contributed by atoms with Crippen molar-refractivity contribution in [2.75, 3.05) is 0 Å². The molecule has 0 saturated heterocycles. The van der Waals surface area contributed by atoms with Crippen LogP contribution in [0.5, 0.6) is 5.75 Å². The molecule has 1 aromatic carbocycles. The van der Waals surface area contributed by atoms with Crippen molar-refractivity contribution in [3.63, 3.8) is 0 Å². The lowest BCUT2D eigenvalue weighted by atomic mass is 10.2. The van der Waals surface area contributed by atoms with Gasteiger partial charge < -0.3 is 9.84 Å². The molecule has 0 amide bonds. The van der Waals surface area contributed by atoms with E-state index in [1.54, 1.807) is 6.07 Å². The maximum Gasteiger partial charge on any atom is 0.339 e. The number of aromatic nitrogens is 1. The lowest BCUT2D eigenvalue weighted by Gasteiger charge is -2.09. The van der Waals surface area contributed by atoms with Crippen LogP contribution in [-0.2, 0) is 6.61 Å². The van der Waals surface area contributed by atoms with Gasteiger partial charge in [0.15, 0.2) is 5.75 Å². The van der Waals surface area contributed by atoms with Gasteiger partial charge in [-0.3, -0.25) is 4.98 Å². The highest BCUT2D eigenvalue weighted by Crippen LogP contribution is 2.22. The van der Waals surface area contributed by atoms with E-state index in [9.17, 15) is 9.18 Å². The summed E-state index contributed by atoms with van der Waals surface area (Å²) in [7, 11) is 0. The molecule has 1 N–H and O–H groups in total. The van der Waals surface area contributed by atoms with Crippen LogP contribution in [0.2, 0.25) is 0 Å². The summed E-state index contributed by atoms with van der Waals surface area (Å²) >= 11 is 3.27. The second-order valence-corrected chi connectivity index (χ2v) is 4.56. The molecule has 19 heavy (non-hydrogen) atoms. The van der Waals surface area contributed by atoms with E-state index in [-0.39, 0.29) is 23.7 Å². The topological polar surface area (TPSA) is 59.4 Å². The highest BCUT2D eigenvalue weighted by Gasteiger charge is 2.11. The molecule has 0 unspecified atom stereocenters. The number of carboxylic acids is 1. The lowest BCUT2D eigenvalue weighted by Crippen LogP contribution is -2.04. The largest absolute Gasteiger partial charge is 0.486 e. The summed E-state index contributed by atoms with van der Waals surface area (Å²) in [6.45, 7) is 0.0459. The van der Waals surface area contributed by atoms with Crippen molar-refractivity contribution >= 4 is 21.9 Å². The molecule has 0 aliphatic rings. The van der Waals surface area contributed by atoms with Crippen molar-refractivity contribution in [2.45, 2.75) is 6.61 Å². The second kappa shape index (κ2) is 5.79. The Kier molecular flexibility index (Phi) is 4.11. The number of rotatable bonds is 4. The van der Waals surface area contributed by atoms with Crippen molar-refractivity contribution in [3.05, 3.63) is 58.1 Å². The molecule has 2 aromatic rings. The summed E-state index contributed by atoms with van der Waals surface area (Å²) in [5, 5.41) is 8.98. The quantitative estimate of drug-likeness (QED) is 0.937. The molecule has 6 heteroatoms. The number of carboxylic acid groups (broad SMARTS) is 1. The molecule has 1 aromatic heterocycles. The van der Waals surface area contributed by atoms with Gasteiger partial charge in [-0.2, -0.15) is 0 Å². The highest BCUT2D eigenvalue weighted by molar-refractivity contribution is 9.10. The normalized spacial score (nSPS) is 10.2. The minimum Gasteiger partial charge on any atom is -0.486 e. The van der Waals surface area contributed by atoms with Crippen LogP contribution in [0.3, 0.4) is 0 Å². The van der Waals surface area contributed by atoms with E-state index < -0.39 is 5.97 Å². The Labute approximate surface area is 117 Å². The maximum absolute atomic E-state index is 13.1. The molecule has 4 nitrogen and oxygen atoms in total. The van der Waals surface area contributed by atoms with Gasteiger partial charge >= 0.3 is 5.97 Å². The Hall–Kier alpha value is -1.95. The Morgan fingerprint density at radius 3 is 2.95 bits per heavy atom. The van der Waals surface area contributed by atoms with E-state index in [0.717, 1.165) is 0 Å². The molecule has 0 spiro atoms. The van der Waals surface area contributed by atoms with Gasteiger partial charge in [-0.1, -0.05) is 15.9 Å². The van der Waals surface area contributed by atoms with Gasteiger partial charge in [0.1, 0.15) is 18.0 Å². The van der Waals surface area contributed by atoms with E-state index in [1.807, 2.05) is 0 Å². The average molecular weight is 326 g/mol. The Morgan fingerprint density at radius 1 is 1.42 bits per heavy atom. The number of benzene rings is 1. The van der Waals surface area contributed by atoms with Crippen LogP contribution in [0.15, 0.2) is 41.1 Å². The third kappa shape index (κ3) is 3.29. The monoisotopic (exact) mass is 325 g/mol. The second-order valence-electron chi connectivity index (χ2n) is 3.70. The van der Waals surface area contributed by atoms with Gasteiger partial charge in [-0.15, -0.1) is 0 Å². The summed E-state index contributed by atoms with van der Waals surface area (Å²) in [5.74, 6) is -1.34. The fraction of sp³-hybridized carbons (Fsp3) is 0.0769. The van der Waals surface area contributed by atoms with Crippen LogP contribution in [0, 0.1) is 5.82 Å². The number of pyridine rings is 1. The lowest BCUT2D eigenvalue weighted by molar-refractivity contribution is 0.0691. The predicted molar refractivity (Wildman–Crippen MR) is 69.6 cm³/mol. The van der Waals surface area contributed by atoms with E-state index in [2.05, 4.69) is 20.9 Å². The van der Waals surface area contributed by atoms with Crippen molar-refractivity contribution in [1.29, 1.82) is 0 Å². The zero-order valence-corrected chi connectivity index (χ0v) is 11.2. The first-order valence-electron chi connectivity index (χ1n) is 5.32. The smallest absolute Gasteiger partial charge is 0.339 e. The molecule has 1 heterocycles. The standard InChI is InChI=1S/C13H9BrFNO3/c14-11-2-1-9(15)5-8(11)7-19-12-6-16-4-3-10(12)13(17)18/h1-6H,7H2,(H,17,18). The summed E-state index contributed by atoms with van der Waals surface area (Å²) in [5.41, 5.74) is 0.600. The number of hydrogen-bond acceptors (Lipinski definition) is 3. The fourth-order valence-electron chi connectivity index (χ4n) is 1.48. The van der Waals surface area contributed by atoms with Gasteiger partial charge in [-0.25, -0.2) is 9.18 Å². The summed E-state index contributed by atoms with van der Waals surface area (Å²) in [6.07, 6.45) is 2.69. The highest BCUT2D eigenvalue weighted by atomic mass is 79.9. The van der Waals surface area contributed by atoms with E-state index in [0.29, 0.717) is 10.0 Å². The zero-order valence-electron chi connectivity index (χ0n) is 9.64. The minimum absolute atomic E-state index is 0.0162. The summed E-state index contributed by atoms with van der Waals surface area (Å²) < 4.78 is 19.2. The van der Waals surface area contributed by atoms with Crippen LogP contribution in [0.4, 0.5) is 4.39 Å². The van der Waals surface area contributed by atoms with Gasteiger partial charge in [0, 0.05) is 16.2 Å². The van der Waals surface area contributed by atoms with Crippen LogP contribution in [-0.4, -0.2) is 16.1 Å². The van der Waals surface area contributed by atoms with Crippen molar-refractivity contribution in [1.82, 2.24) is 4.98 Å². The van der Waals surface area contributed by atoms with Crippen LogP contribution in [0.1, 0.15) is 15.9 Å². The number of aromatic carboxylic acids is 1. The predicted octanol–water partition coefficient (Wildman–Crippen LogP) is 3.26. The molecule has 2 rings (SSSR count). The molecule has 0 radical (unpaired) electrons. The van der Waals surface area contributed by atoms with Gasteiger partial charge in [0.2, 0.25) is 0 Å². The van der Waals surface area contributed by atoms with Gasteiger partial charge in [-0.05, 0) is 24.3 Å². The van der Waals surface area contributed by atoms with Crippen LogP contribution < -0.4 is 4.74 Å². The number of carbonyl (C=O) groups is 1. The Morgan fingerprint density at radius 2 is 2.21 bits per heavy atom. The Bertz CT molecular complexity index is 619. The SMILES string of the molecule is O=C(O)c1ccncc1OCc1cc(F)ccc1Br. The minimum atomic E-state index is -1.10. The fourth-order valence-corrected chi connectivity index (χ4v) is 1.84.